The number of methoxy groups -OCH3 is 1. The summed E-state index contributed by atoms with van der Waals surface area (Å²) in [5.41, 5.74) is 2.27. The van der Waals surface area contributed by atoms with Crippen LogP contribution in [0.5, 0.6) is 11.5 Å². The number of halogens is 1. The number of benzene rings is 2. The molecule has 0 aliphatic carbocycles. The molecule has 1 amide bonds. The molecule has 0 bridgehead atoms. The van der Waals surface area contributed by atoms with Gasteiger partial charge in [-0.15, -0.1) is 0 Å². The number of carbonyl (C=O) groups excluding carboxylic acids is 1. The highest BCUT2D eigenvalue weighted by Crippen LogP contribution is 2.34. The summed E-state index contributed by atoms with van der Waals surface area (Å²) in [6, 6.07) is 9.46. The number of sulfonamides is 1. The maximum atomic E-state index is 12.7. The molecule has 0 heterocycles. The van der Waals surface area contributed by atoms with Gasteiger partial charge in [-0.2, -0.15) is 0 Å². The molecular formula is C21H27ClN2O5S. The molecule has 0 saturated carbocycles. The van der Waals surface area contributed by atoms with E-state index in [0.717, 1.165) is 27.4 Å². The third-order valence-corrected chi connectivity index (χ3v) is 5.93. The third-order valence-electron chi connectivity index (χ3n) is 4.47. The van der Waals surface area contributed by atoms with E-state index in [-0.39, 0.29) is 18.8 Å². The van der Waals surface area contributed by atoms with Crippen LogP contribution in [0.15, 0.2) is 36.4 Å². The van der Waals surface area contributed by atoms with Crippen LogP contribution in [0, 0.1) is 13.8 Å². The first kappa shape index (κ1) is 23.8. The lowest BCUT2D eigenvalue weighted by molar-refractivity contribution is -0.121. The highest BCUT2D eigenvalue weighted by molar-refractivity contribution is 7.92. The van der Waals surface area contributed by atoms with E-state index in [9.17, 15) is 13.2 Å². The first-order chi connectivity index (χ1) is 14.0. The molecule has 0 spiro atoms. The highest BCUT2D eigenvalue weighted by Gasteiger charge is 2.31. The molecule has 1 atom stereocenters. The van der Waals surface area contributed by atoms with Crippen molar-refractivity contribution < 1.29 is 22.7 Å². The smallest absolute Gasteiger partial charge is 0.243 e. The molecule has 30 heavy (non-hydrogen) atoms. The van der Waals surface area contributed by atoms with Crippen molar-refractivity contribution in [1.29, 1.82) is 0 Å². The standard InChI is InChI=1S/C21H27ClN2O5S/c1-14-6-7-15(2)20(12-14)29-11-10-23-21(25)16(3)24(30(5,26)27)18-13-17(22)8-9-19(18)28-4/h6-9,12-13,16H,10-11H2,1-5H3,(H,23,25)/t16-/m1/s1. The van der Waals surface area contributed by atoms with E-state index in [1.54, 1.807) is 12.1 Å². The second-order valence-corrected chi connectivity index (χ2v) is 9.26. The molecule has 0 fully saturated rings. The molecule has 2 rings (SSSR count). The predicted molar refractivity (Wildman–Crippen MR) is 119 cm³/mol. The second-order valence-electron chi connectivity index (χ2n) is 6.96. The molecule has 164 valence electrons. The molecule has 0 radical (unpaired) electrons. The fraction of sp³-hybridized carbons (Fsp3) is 0.381. The van der Waals surface area contributed by atoms with Gasteiger partial charge < -0.3 is 14.8 Å². The summed E-state index contributed by atoms with van der Waals surface area (Å²) in [4.78, 5) is 12.7. The Bertz CT molecular complexity index is 1010. The van der Waals surface area contributed by atoms with Crippen molar-refractivity contribution in [3.63, 3.8) is 0 Å². The Morgan fingerprint density at radius 1 is 1.17 bits per heavy atom. The van der Waals surface area contributed by atoms with Crippen LogP contribution in [0.2, 0.25) is 5.02 Å². The van der Waals surface area contributed by atoms with E-state index >= 15 is 0 Å². The zero-order valence-corrected chi connectivity index (χ0v) is 19.3. The first-order valence-electron chi connectivity index (χ1n) is 9.35. The highest BCUT2D eigenvalue weighted by atomic mass is 35.5. The molecular weight excluding hydrogens is 428 g/mol. The molecule has 9 heteroatoms. The average Bonchev–Trinajstić information content (AvgIpc) is 2.66. The van der Waals surface area contributed by atoms with Crippen molar-refractivity contribution in [2.75, 3.05) is 30.8 Å². The van der Waals surface area contributed by atoms with E-state index in [1.165, 1.54) is 20.1 Å². The average molecular weight is 455 g/mol. The van der Waals surface area contributed by atoms with Gasteiger partial charge in [0, 0.05) is 5.02 Å². The number of aryl methyl sites for hydroxylation is 2. The van der Waals surface area contributed by atoms with Crippen LogP contribution >= 0.6 is 11.6 Å². The maximum absolute atomic E-state index is 12.7. The van der Waals surface area contributed by atoms with Crippen LogP contribution in [0.1, 0.15) is 18.1 Å². The molecule has 7 nitrogen and oxygen atoms in total. The lowest BCUT2D eigenvalue weighted by Crippen LogP contribution is -2.48. The van der Waals surface area contributed by atoms with Gasteiger partial charge in [0.15, 0.2) is 0 Å². The normalized spacial score (nSPS) is 12.2. The molecule has 0 aromatic heterocycles. The van der Waals surface area contributed by atoms with E-state index in [1.807, 2.05) is 32.0 Å². The summed E-state index contributed by atoms with van der Waals surface area (Å²) in [5, 5.41) is 3.05. The van der Waals surface area contributed by atoms with Crippen LogP contribution in [0.4, 0.5) is 5.69 Å². The monoisotopic (exact) mass is 454 g/mol. The Morgan fingerprint density at radius 3 is 2.50 bits per heavy atom. The summed E-state index contributed by atoms with van der Waals surface area (Å²) in [6.07, 6.45) is 1.03. The summed E-state index contributed by atoms with van der Waals surface area (Å²) in [7, 11) is -2.37. The second kappa shape index (κ2) is 10.0. The quantitative estimate of drug-likeness (QED) is 0.587. The van der Waals surface area contributed by atoms with Gasteiger partial charge in [0.25, 0.3) is 0 Å². The minimum Gasteiger partial charge on any atom is -0.495 e. The van der Waals surface area contributed by atoms with Gasteiger partial charge in [-0.25, -0.2) is 8.42 Å². The number of rotatable bonds is 9. The summed E-state index contributed by atoms with van der Waals surface area (Å²) >= 11 is 6.04. The largest absolute Gasteiger partial charge is 0.495 e. The van der Waals surface area contributed by atoms with Crippen LogP contribution in [0.25, 0.3) is 0 Å². The van der Waals surface area contributed by atoms with Crippen LogP contribution < -0.4 is 19.1 Å². The van der Waals surface area contributed by atoms with E-state index in [0.29, 0.717) is 10.8 Å². The number of amides is 1. The first-order valence-corrected chi connectivity index (χ1v) is 11.6. The van der Waals surface area contributed by atoms with Crippen molar-refractivity contribution in [3.05, 3.63) is 52.5 Å². The van der Waals surface area contributed by atoms with Crippen molar-refractivity contribution in [2.45, 2.75) is 26.8 Å². The van der Waals surface area contributed by atoms with Crippen molar-refractivity contribution in [3.8, 4) is 11.5 Å². The zero-order valence-electron chi connectivity index (χ0n) is 17.7. The molecule has 2 aromatic rings. The fourth-order valence-electron chi connectivity index (χ4n) is 2.96. The van der Waals surface area contributed by atoms with Gasteiger partial charge in [-0.05, 0) is 56.2 Å². The van der Waals surface area contributed by atoms with Crippen LogP contribution in [-0.4, -0.2) is 46.9 Å². The van der Waals surface area contributed by atoms with E-state index in [2.05, 4.69) is 5.32 Å². The van der Waals surface area contributed by atoms with Crippen molar-refractivity contribution in [2.24, 2.45) is 0 Å². The predicted octanol–water partition coefficient (Wildman–Crippen LogP) is 3.32. The topological polar surface area (TPSA) is 84.9 Å². The molecule has 1 N–H and O–H groups in total. The number of carbonyl (C=O) groups is 1. The molecule has 0 aliphatic rings. The number of nitrogens with one attached hydrogen (secondary N) is 1. The van der Waals surface area contributed by atoms with Gasteiger partial charge in [-0.3, -0.25) is 9.10 Å². The van der Waals surface area contributed by atoms with Gasteiger partial charge in [0.2, 0.25) is 15.9 Å². The minimum absolute atomic E-state index is 0.196. The Kier molecular flexibility index (Phi) is 7.97. The Hall–Kier alpha value is -2.45. The lowest BCUT2D eigenvalue weighted by Gasteiger charge is -2.29. The molecule has 0 aliphatic heterocycles. The van der Waals surface area contributed by atoms with Gasteiger partial charge in [0.05, 0.1) is 25.6 Å². The van der Waals surface area contributed by atoms with Crippen LogP contribution in [-0.2, 0) is 14.8 Å². The number of hydrogen-bond donors (Lipinski definition) is 1. The number of hydrogen-bond acceptors (Lipinski definition) is 5. The summed E-state index contributed by atoms with van der Waals surface area (Å²) in [5.74, 6) is 0.577. The Labute approximate surface area is 183 Å². The zero-order chi connectivity index (χ0) is 22.5. The fourth-order valence-corrected chi connectivity index (χ4v) is 4.30. The Morgan fingerprint density at radius 2 is 1.87 bits per heavy atom. The van der Waals surface area contributed by atoms with E-state index in [4.69, 9.17) is 21.1 Å². The summed E-state index contributed by atoms with van der Waals surface area (Å²) in [6.45, 7) is 5.89. The SMILES string of the molecule is COc1ccc(Cl)cc1N([C@H](C)C(=O)NCCOc1cc(C)ccc1C)S(C)(=O)=O. The lowest BCUT2D eigenvalue weighted by atomic mass is 10.1. The molecule has 0 unspecified atom stereocenters. The maximum Gasteiger partial charge on any atom is 0.243 e. The van der Waals surface area contributed by atoms with Crippen molar-refractivity contribution in [1.82, 2.24) is 5.32 Å². The number of nitrogens with zero attached hydrogens (tertiary/aromatic N) is 1. The van der Waals surface area contributed by atoms with Crippen LogP contribution in [0.3, 0.4) is 0 Å². The Balaban J connectivity index is 2.10. The van der Waals surface area contributed by atoms with Crippen molar-refractivity contribution >= 4 is 33.2 Å². The minimum atomic E-state index is -3.79. The van der Waals surface area contributed by atoms with E-state index < -0.39 is 22.0 Å². The third kappa shape index (κ3) is 6.03. The summed E-state index contributed by atoms with van der Waals surface area (Å²) < 4.78 is 36.9. The number of ether oxygens (including phenoxy) is 2. The molecule has 2 aromatic carbocycles. The molecule has 0 saturated heterocycles. The van der Waals surface area contributed by atoms with Gasteiger partial charge >= 0.3 is 0 Å². The van der Waals surface area contributed by atoms with Gasteiger partial charge in [-0.1, -0.05) is 23.7 Å². The van der Waals surface area contributed by atoms with Gasteiger partial charge in [0.1, 0.15) is 24.1 Å². The number of anilines is 1.